The molecule has 0 fully saturated rings. The normalized spacial score (nSPS) is 14.7. The Kier molecular flexibility index (Phi) is 4.86. The van der Waals surface area contributed by atoms with E-state index >= 15 is 0 Å². The highest BCUT2D eigenvalue weighted by atomic mass is 15.4. The third-order valence-corrected chi connectivity index (χ3v) is 8.31. The first kappa shape index (κ1) is 23.0. The number of aromatic nitrogens is 5. The summed E-state index contributed by atoms with van der Waals surface area (Å²) in [7, 11) is 0. The number of nitrogens with zero attached hydrogens (tertiary/aromatic N) is 6. The van der Waals surface area contributed by atoms with Gasteiger partial charge >= 0.3 is 0 Å². The summed E-state index contributed by atoms with van der Waals surface area (Å²) in [6.45, 7) is 0. The van der Waals surface area contributed by atoms with E-state index in [-0.39, 0.29) is 6.04 Å². The van der Waals surface area contributed by atoms with Gasteiger partial charge in [0.15, 0.2) is 5.82 Å². The molecule has 198 valence electrons. The van der Waals surface area contributed by atoms with Crippen LogP contribution in [0.15, 0.2) is 139 Å². The lowest BCUT2D eigenvalue weighted by Gasteiger charge is -2.12. The SMILES string of the molecule is C1=CC(c2cccc(-n3c4ccccc4c4ccc(-n5cc(-n6c7ccccc7c7ccccc76)nn5)cc43)c2)N=C1. The zero-order valence-corrected chi connectivity index (χ0v) is 22.5. The quantitative estimate of drug-likeness (QED) is 0.226. The fourth-order valence-corrected chi connectivity index (χ4v) is 6.42. The van der Waals surface area contributed by atoms with Gasteiger partial charge in [-0.15, -0.1) is 5.10 Å². The van der Waals surface area contributed by atoms with Crippen molar-refractivity contribution in [3.8, 4) is 17.2 Å². The largest absolute Gasteiger partial charge is 0.309 e. The van der Waals surface area contributed by atoms with Crippen molar-refractivity contribution in [1.29, 1.82) is 0 Å². The van der Waals surface area contributed by atoms with Crippen LogP contribution < -0.4 is 0 Å². The van der Waals surface area contributed by atoms with Crippen molar-refractivity contribution in [2.24, 2.45) is 4.99 Å². The highest BCUT2D eigenvalue weighted by Crippen LogP contribution is 2.35. The van der Waals surface area contributed by atoms with Crippen molar-refractivity contribution < 1.29 is 0 Å². The summed E-state index contributed by atoms with van der Waals surface area (Å²) in [6.07, 6.45) is 8.02. The predicted molar refractivity (Wildman–Crippen MR) is 170 cm³/mol. The van der Waals surface area contributed by atoms with Crippen LogP contribution in [0, 0.1) is 0 Å². The number of hydrogen-bond acceptors (Lipinski definition) is 3. The smallest absolute Gasteiger partial charge is 0.180 e. The first-order valence-electron chi connectivity index (χ1n) is 14.1. The van der Waals surface area contributed by atoms with E-state index in [1.54, 1.807) is 0 Å². The number of aliphatic imine (C=N–C) groups is 1. The van der Waals surface area contributed by atoms with Gasteiger partial charge in [-0.05, 0) is 54.1 Å². The molecule has 0 N–H and O–H groups in total. The molecule has 8 aromatic rings. The number of benzene rings is 5. The Morgan fingerprint density at radius 3 is 1.90 bits per heavy atom. The molecule has 0 saturated carbocycles. The average Bonchev–Trinajstić information content (AvgIpc) is 3.85. The Hall–Kier alpha value is -5.75. The van der Waals surface area contributed by atoms with E-state index in [0.717, 1.165) is 39.3 Å². The summed E-state index contributed by atoms with van der Waals surface area (Å²) < 4.78 is 6.40. The van der Waals surface area contributed by atoms with Gasteiger partial charge in [-0.1, -0.05) is 84.1 Å². The molecule has 0 amide bonds. The summed E-state index contributed by atoms with van der Waals surface area (Å²) in [5.74, 6) is 0.783. The molecule has 1 aliphatic rings. The van der Waals surface area contributed by atoms with Crippen molar-refractivity contribution >= 4 is 49.8 Å². The second-order valence-corrected chi connectivity index (χ2v) is 10.7. The lowest BCUT2D eigenvalue weighted by Crippen LogP contribution is -1.99. The van der Waals surface area contributed by atoms with Crippen LogP contribution in [0.4, 0.5) is 0 Å². The van der Waals surface area contributed by atoms with E-state index in [1.807, 2.05) is 23.2 Å². The number of para-hydroxylation sites is 3. The second-order valence-electron chi connectivity index (χ2n) is 10.7. The lowest BCUT2D eigenvalue weighted by atomic mass is 10.1. The molecule has 0 spiro atoms. The van der Waals surface area contributed by atoms with Crippen molar-refractivity contribution in [1.82, 2.24) is 24.1 Å². The molecule has 5 aromatic carbocycles. The molecule has 0 radical (unpaired) electrons. The van der Waals surface area contributed by atoms with Gasteiger partial charge < -0.3 is 4.57 Å². The zero-order valence-electron chi connectivity index (χ0n) is 22.5. The Balaban J connectivity index is 1.22. The van der Waals surface area contributed by atoms with Gasteiger partial charge in [0.05, 0.1) is 40.0 Å². The molecule has 42 heavy (non-hydrogen) atoms. The van der Waals surface area contributed by atoms with E-state index in [0.29, 0.717) is 0 Å². The Labute approximate surface area is 241 Å². The summed E-state index contributed by atoms with van der Waals surface area (Å²) in [5, 5.41) is 14.1. The Bertz CT molecular complexity index is 2320. The Morgan fingerprint density at radius 1 is 0.548 bits per heavy atom. The maximum absolute atomic E-state index is 4.64. The van der Waals surface area contributed by atoms with Gasteiger partial charge in [0.2, 0.25) is 0 Å². The molecule has 1 unspecified atom stereocenters. The minimum atomic E-state index is 0.0584. The van der Waals surface area contributed by atoms with Crippen LogP contribution in [0.3, 0.4) is 0 Å². The molecule has 1 atom stereocenters. The second kappa shape index (κ2) is 8.88. The van der Waals surface area contributed by atoms with E-state index in [4.69, 9.17) is 0 Å². The molecule has 6 heteroatoms. The molecule has 0 bridgehead atoms. The van der Waals surface area contributed by atoms with Gasteiger partial charge in [-0.3, -0.25) is 9.56 Å². The molecule has 3 aromatic heterocycles. The molecule has 6 nitrogen and oxygen atoms in total. The van der Waals surface area contributed by atoms with E-state index < -0.39 is 0 Å². The van der Waals surface area contributed by atoms with E-state index in [1.165, 1.54) is 27.1 Å². The van der Waals surface area contributed by atoms with Crippen LogP contribution in [-0.4, -0.2) is 30.3 Å². The minimum absolute atomic E-state index is 0.0584. The molecular formula is C36H24N6. The highest BCUT2D eigenvalue weighted by Gasteiger charge is 2.17. The van der Waals surface area contributed by atoms with Crippen LogP contribution in [-0.2, 0) is 0 Å². The number of hydrogen-bond donors (Lipinski definition) is 0. The summed E-state index contributed by atoms with van der Waals surface area (Å²) in [6, 6.07) is 40.7. The van der Waals surface area contributed by atoms with Gasteiger partial charge in [0.1, 0.15) is 0 Å². The molecule has 1 aliphatic heterocycles. The van der Waals surface area contributed by atoms with Crippen LogP contribution in [0.25, 0.3) is 60.8 Å². The van der Waals surface area contributed by atoms with Crippen LogP contribution in [0.2, 0.25) is 0 Å². The topological polar surface area (TPSA) is 52.9 Å². The van der Waals surface area contributed by atoms with Crippen LogP contribution in [0.1, 0.15) is 11.6 Å². The number of fused-ring (bicyclic) bond motifs is 6. The summed E-state index contributed by atoms with van der Waals surface area (Å²) >= 11 is 0. The fourth-order valence-electron chi connectivity index (χ4n) is 6.42. The van der Waals surface area contributed by atoms with Gasteiger partial charge in [0, 0.05) is 33.4 Å². The standard InChI is InChI=1S/C36H24N6/c1-4-15-32-29(13-1)30-19-18-25(22-35(30)41(32)26-10-7-9-24(21-26)31-14-8-20-37-31)40-23-36(38-39-40)42-33-16-5-2-11-27(33)28-12-3-6-17-34(28)42/h1-23,31H. The number of allylic oxidation sites excluding steroid dienone is 1. The molecule has 0 saturated heterocycles. The van der Waals surface area contributed by atoms with Gasteiger partial charge in [0.25, 0.3) is 0 Å². The van der Waals surface area contributed by atoms with E-state index in [2.05, 4.69) is 146 Å². The van der Waals surface area contributed by atoms with Gasteiger partial charge in [-0.25, -0.2) is 4.68 Å². The first-order valence-corrected chi connectivity index (χ1v) is 14.1. The van der Waals surface area contributed by atoms with Crippen molar-refractivity contribution in [2.45, 2.75) is 6.04 Å². The molecule has 0 aliphatic carbocycles. The van der Waals surface area contributed by atoms with Crippen LogP contribution in [0.5, 0.6) is 0 Å². The number of rotatable bonds is 4. The summed E-state index contributed by atoms with van der Waals surface area (Å²) in [5.41, 5.74) is 7.74. The first-order chi connectivity index (χ1) is 20.8. The van der Waals surface area contributed by atoms with E-state index in [9.17, 15) is 0 Å². The molecular weight excluding hydrogens is 516 g/mol. The third kappa shape index (κ3) is 3.35. The fraction of sp³-hybridized carbons (Fsp3) is 0.0278. The van der Waals surface area contributed by atoms with Crippen LogP contribution >= 0.6 is 0 Å². The molecule has 4 heterocycles. The predicted octanol–water partition coefficient (Wildman–Crippen LogP) is 8.14. The lowest BCUT2D eigenvalue weighted by molar-refractivity contribution is 0.801. The maximum atomic E-state index is 4.64. The Morgan fingerprint density at radius 2 is 1.21 bits per heavy atom. The van der Waals surface area contributed by atoms with Gasteiger partial charge in [-0.2, -0.15) is 0 Å². The summed E-state index contributed by atoms with van der Waals surface area (Å²) in [4.78, 5) is 4.60. The minimum Gasteiger partial charge on any atom is -0.309 e. The van der Waals surface area contributed by atoms with Crippen molar-refractivity contribution in [2.75, 3.05) is 0 Å². The third-order valence-electron chi connectivity index (χ3n) is 8.31. The molecule has 9 rings (SSSR count). The highest BCUT2D eigenvalue weighted by molar-refractivity contribution is 6.10. The van der Waals surface area contributed by atoms with Crippen molar-refractivity contribution in [3.63, 3.8) is 0 Å². The zero-order chi connectivity index (χ0) is 27.6. The average molecular weight is 541 g/mol. The monoisotopic (exact) mass is 540 g/mol. The maximum Gasteiger partial charge on any atom is 0.180 e. The van der Waals surface area contributed by atoms with Crippen molar-refractivity contribution in [3.05, 3.63) is 139 Å².